The van der Waals surface area contributed by atoms with Crippen LogP contribution in [0.5, 0.6) is 5.75 Å². The molecule has 1 aliphatic heterocycles. The first-order chi connectivity index (χ1) is 14.7. The third-order valence-electron chi connectivity index (χ3n) is 5.69. The maximum Gasteiger partial charge on any atom is 0.263 e. The molecular weight excluding hydrogens is 380 g/mol. The Hall–Kier alpha value is -3.29. The zero-order chi connectivity index (χ0) is 20.9. The Morgan fingerprint density at radius 2 is 2.10 bits per heavy atom. The number of nitrogens with zero attached hydrogens (tertiary/aromatic N) is 3. The van der Waals surface area contributed by atoms with Crippen LogP contribution in [-0.2, 0) is 28.9 Å². The predicted molar refractivity (Wildman–Crippen MR) is 110 cm³/mol. The van der Waals surface area contributed by atoms with Gasteiger partial charge in [0.2, 0.25) is 0 Å². The van der Waals surface area contributed by atoms with Gasteiger partial charge in [0.05, 0.1) is 29.8 Å². The van der Waals surface area contributed by atoms with Gasteiger partial charge < -0.3 is 19.4 Å². The van der Waals surface area contributed by atoms with E-state index in [4.69, 9.17) is 14.7 Å². The summed E-state index contributed by atoms with van der Waals surface area (Å²) in [5.74, 6) is 0.676. The van der Waals surface area contributed by atoms with Crippen molar-refractivity contribution in [3.8, 4) is 17.9 Å². The minimum atomic E-state index is -0.336. The van der Waals surface area contributed by atoms with Gasteiger partial charge in [0.1, 0.15) is 17.6 Å². The number of nitrogens with one attached hydrogen (secondary N) is 1. The maximum atomic E-state index is 12.7. The van der Waals surface area contributed by atoms with Crippen molar-refractivity contribution in [2.24, 2.45) is 0 Å². The first-order valence-electron chi connectivity index (χ1n) is 10.4. The lowest BCUT2D eigenvalue weighted by atomic mass is 9.95. The minimum absolute atomic E-state index is 0.107. The highest BCUT2D eigenvalue weighted by Crippen LogP contribution is 2.34. The molecule has 7 heteroatoms. The molecule has 1 amide bonds. The molecule has 30 heavy (non-hydrogen) atoms. The van der Waals surface area contributed by atoms with Gasteiger partial charge in [-0.2, -0.15) is 10.5 Å². The molecule has 7 nitrogen and oxygen atoms in total. The van der Waals surface area contributed by atoms with Gasteiger partial charge in [0.15, 0.2) is 6.61 Å². The molecule has 2 aliphatic rings. The summed E-state index contributed by atoms with van der Waals surface area (Å²) in [6, 6.07) is 11.0. The summed E-state index contributed by atoms with van der Waals surface area (Å²) in [6.45, 7) is 1.21. The second-order valence-electron chi connectivity index (χ2n) is 7.69. The number of rotatable bonds is 6. The van der Waals surface area contributed by atoms with Crippen molar-refractivity contribution in [2.45, 2.75) is 51.2 Å². The first kappa shape index (κ1) is 20.0. The van der Waals surface area contributed by atoms with E-state index in [0.717, 1.165) is 56.4 Å². The molecule has 154 valence electrons. The zero-order valence-electron chi connectivity index (χ0n) is 16.8. The van der Waals surface area contributed by atoms with E-state index in [1.807, 2.05) is 6.07 Å². The molecule has 2 aromatic rings. The number of fused-ring (bicyclic) bond motifs is 1. The molecule has 1 saturated heterocycles. The van der Waals surface area contributed by atoms with E-state index in [-0.39, 0.29) is 18.6 Å². The van der Waals surface area contributed by atoms with Gasteiger partial charge >= 0.3 is 0 Å². The van der Waals surface area contributed by atoms with Crippen LogP contribution in [-0.4, -0.2) is 29.8 Å². The first-order valence-corrected chi connectivity index (χ1v) is 10.4. The Balaban J connectivity index is 1.54. The van der Waals surface area contributed by atoms with E-state index in [1.165, 1.54) is 0 Å². The number of aromatic nitrogens is 1. The van der Waals surface area contributed by atoms with Gasteiger partial charge in [0, 0.05) is 12.3 Å². The monoisotopic (exact) mass is 404 g/mol. The second-order valence-corrected chi connectivity index (χ2v) is 7.69. The second kappa shape index (κ2) is 9.02. The molecule has 0 bridgehead atoms. The van der Waals surface area contributed by atoms with Gasteiger partial charge in [-0.3, -0.25) is 4.79 Å². The summed E-state index contributed by atoms with van der Waals surface area (Å²) < 4.78 is 13.4. The molecule has 0 saturated carbocycles. The summed E-state index contributed by atoms with van der Waals surface area (Å²) in [4.78, 5) is 12.7. The Labute approximate surface area is 175 Å². The van der Waals surface area contributed by atoms with Crippen molar-refractivity contribution in [1.29, 1.82) is 10.5 Å². The van der Waals surface area contributed by atoms with Crippen LogP contribution in [0.1, 0.15) is 48.1 Å². The number of nitriles is 2. The quantitative estimate of drug-likeness (QED) is 0.796. The van der Waals surface area contributed by atoms with Crippen LogP contribution in [0.2, 0.25) is 0 Å². The third-order valence-corrected chi connectivity index (χ3v) is 5.69. The number of anilines is 1. The normalized spacial score (nSPS) is 17.6. The predicted octanol–water partition coefficient (Wildman–Crippen LogP) is 3.31. The molecule has 1 fully saturated rings. The van der Waals surface area contributed by atoms with Crippen LogP contribution >= 0.6 is 0 Å². The summed E-state index contributed by atoms with van der Waals surface area (Å²) in [5, 5.41) is 21.7. The van der Waals surface area contributed by atoms with E-state index in [9.17, 15) is 10.1 Å². The minimum Gasteiger partial charge on any atom is -0.484 e. The highest BCUT2D eigenvalue weighted by atomic mass is 16.5. The molecule has 1 aromatic carbocycles. The van der Waals surface area contributed by atoms with Crippen LogP contribution in [0.4, 0.5) is 5.82 Å². The highest BCUT2D eigenvalue weighted by molar-refractivity contribution is 5.93. The smallest absolute Gasteiger partial charge is 0.263 e. The lowest BCUT2D eigenvalue weighted by Gasteiger charge is -2.20. The van der Waals surface area contributed by atoms with E-state index < -0.39 is 0 Å². The number of carbonyl (C=O) groups excluding carboxylic acids is 1. The van der Waals surface area contributed by atoms with E-state index in [2.05, 4.69) is 16.0 Å². The van der Waals surface area contributed by atoms with E-state index >= 15 is 0 Å². The summed E-state index contributed by atoms with van der Waals surface area (Å²) in [7, 11) is 0. The van der Waals surface area contributed by atoms with Crippen molar-refractivity contribution in [3.05, 3.63) is 46.6 Å². The molecule has 4 rings (SSSR count). The SMILES string of the molecule is N#Cc1cccc(OCC(=O)Nc2c(C#N)c3c(n2CC2CCCO2)CCCC3)c1. The molecule has 1 atom stereocenters. The van der Waals surface area contributed by atoms with Gasteiger partial charge in [-0.05, 0) is 62.3 Å². The molecule has 2 heterocycles. The standard InChI is InChI=1S/C23H24N4O3/c24-12-16-5-3-6-17(11-16)30-15-22(28)26-23-20(13-25)19-8-1-2-9-21(19)27(23)14-18-7-4-10-29-18/h3,5-6,11,18H,1-2,4,7-10,14-15H2,(H,26,28). The van der Waals surface area contributed by atoms with Crippen molar-refractivity contribution in [1.82, 2.24) is 4.57 Å². The number of hydrogen-bond acceptors (Lipinski definition) is 5. The number of ether oxygens (including phenoxy) is 2. The fraction of sp³-hybridized carbons (Fsp3) is 0.435. The molecule has 1 aromatic heterocycles. The van der Waals surface area contributed by atoms with Crippen LogP contribution in [0.3, 0.4) is 0 Å². The molecule has 1 unspecified atom stereocenters. The largest absolute Gasteiger partial charge is 0.484 e. The van der Waals surface area contributed by atoms with Crippen molar-refractivity contribution >= 4 is 11.7 Å². The van der Waals surface area contributed by atoms with Crippen LogP contribution in [0.15, 0.2) is 24.3 Å². The Kier molecular flexibility index (Phi) is 6.02. The van der Waals surface area contributed by atoms with E-state index in [1.54, 1.807) is 24.3 Å². The average Bonchev–Trinajstić information content (AvgIpc) is 3.39. The Bertz CT molecular complexity index is 1020. The lowest BCUT2D eigenvalue weighted by Crippen LogP contribution is -2.25. The third kappa shape index (κ3) is 4.17. The van der Waals surface area contributed by atoms with Crippen molar-refractivity contribution in [2.75, 3.05) is 18.5 Å². The van der Waals surface area contributed by atoms with Gasteiger partial charge in [-0.15, -0.1) is 0 Å². The van der Waals surface area contributed by atoms with Crippen molar-refractivity contribution in [3.63, 3.8) is 0 Å². The maximum absolute atomic E-state index is 12.7. The molecule has 1 aliphatic carbocycles. The van der Waals surface area contributed by atoms with Crippen molar-refractivity contribution < 1.29 is 14.3 Å². The van der Waals surface area contributed by atoms with Crippen LogP contribution < -0.4 is 10.1 Å². The van der Waals surface area contributed by atoms with Gasteiger partial charge in [-0.1, -0.05) is 6.07 Å². The number of carbonyl (C=O) groups is 1. The van der Waals surface area contributed by atoms with E-state index in [0.29, 0.717) is 29.2 Å². The van der Waals surface area contributed by atoms with Gasteiger partial charge in [-0.25, -0.2) is 0 Å². The van der Waals surface area contributed by atoms with Crippen LogP contribution in [0.25, 0.3) is 0 Å². The number of hydrogen-bond donors (Lipinski definition) is 1. The fourth-order valence-electron chi connectivity index (χ4n) is 4.29. The summed E-state index contributed by atoms with van der Waals surface area (Å²) in [5.41, 5.74) is 3.23. The summed E-state index contributed by atoms with van der Waals surface area (Å²) in [6.07, 6.45) is 6.03. The average molecular weight is 404 g/mol. The zero-order valence-corrected chi connectivity index (χ0v) is 16.8. The number of benzene rings is 1. The molecule has 0 radical (unpaired) electrons. The fourth-order valence-corrected chi connectivity index (χ4v) is 4.29. The van der Waals surface area contributed by atoms with Crippen LogP contribution in [0, 0.1) is 22.7 Å². The highest BCUT2D eigenvalue weighted by Gasteiger charge is 2.28. The Morgan fingerprint density at radius 3 is 2.87 bits per heavy atom. The molecule has 1 N–H and O–H groups in total. The summed E-state index contributed by atoms with van der Waals surface area (Å²) >= 11 is 0. The topological polar surface area (TPSA) is 100 Å². The lowest BCUT2D eigenvalue weighted by molar-refractivity contribution is -0.118. The Morgan fingerprint density at radius 1 is 1.23 bits per heavy atom. The molecular formula is C23H24N4O3. The number of amides is 1. The molecule has 0 spiro atoms. The van der Waals surface area contributed by atoms with Gasteiger partial charge in [0.25, 0.3) is 5.91 Å².